The van der Waals surface area contributed by atoms with Crippen molar-refractivity contribution in [1.29, 1.82) is 0 Å². The van der Waals surface area contributed by atoms with E-state index in [2.05, 4.69) is 17.0 Å². The summed E-state index contributed by atoms with van der Waals surface area (Å²) in [4.78, 5) is 2.42. The Morgan fingerprint density at radius 3 is 2.94 bits per heavy atom. The van der Waals surface area contributed by atoms with E-state index < -0.39 is 0 Å². The number of rotatable bonds is 8. The van der Waals surface area contributed by atoms with Crippen molar-refractivity contribution in [2.75, 3.05) is 26.2 Å². The van der Waals surface area contributed by atoms with Crippen molar-refractivity contribution in [3.05, 3.63) is 0 Å². The molecule has 1 rings (SSSR count). The molecular weight excluding hydrogens is 218 g/mol. The molecule has 0 bridgehead atoms. The van der Waals surface area contributed by atoms with Crippen molar-refractivity contribution >= 4 is 5.84 Å². The number of nitrogens with two attached hydrogens (primary N) is 1. The molecule has 100 valence electrons. The summed E-state index contributed by atoms with van der Waals surface area (Å²) in [5, 5.41) is 11.4. The highest BCUT2D eigenvalue weighted by Crippen LogP contribution is 2.13. The van der Waals surface area contributed by atoms with Crippen LogP contribution >= 0.6 is 0 Å². The summed E-state index contributed by atoms with van der Waals surface area (Å²) in [7, 11) is 0. The topological polar surface area (TPSA) is 71.1 Å². The average molecular weight is 243 g/mol. The smallest absolute Gasteiger partial charge is 0.139 e. The summed E-state index contributed by atoms with van der Waals surface area (Å²) < 4.78 is 5.63. The zero-order valence-electron chi connectivity index (χ0n) is 10.8. The van der Waals surface area contributed by atoms with Crippen molar-refractivity contribution in [1.82, 2.24) is 4.90 Å². The van der Waals surface area contributed by atoms with Crippen LogP contribution in [0, 0.1) is 0 Å². The van der Waals surface area contributed by atoms with Crippen LogP contribution in [-0.2, 0) is 4.74 Å². The van der Waals surface area contributed by atoms with Gasteiger partial charge in [-0.05, 0) is 38.8 Å². The normalized spacial score (nSPS) is 21.3. The zero-order valence-corrected chi connectivity index (χ0v) is 10.8. The quantitative estimate of drug-likeness (QED) is 0.222. The summed E-state index contributed by atoms with van der Waals surface area (Å²) in [5.74, 6) is 0.326. The number of nitrogens with zero attached hydrogens (tertiary/aromatic N) is 2. The van der Waals surface area contributed by atoms with Gasteiger partial charge in [-0.25, -0.2) is 0 Å². The maximum Gasteiger partial charge on any atom is 0.139 e. The van der Waals surface area contributed by atoms with E-state index in [1.807, 2.05) is 0 Å². The Labute approximate surface area is 104 Å². The molecule has 0 aromatic rings. The molecule has 0 aromatic heterocycles. The third-order valence-corrected chi connectivity index (χ3v) is 3.22. The minimum absolute atomic E-state index is 0.326. The summed E-state index contributed by atoms with van der Waals surface area (Å²) in [6.45, 7) is 6.27. The second kappa shape index (κ2) is 8.31. The van der Waals surface area contributed by atoms with Gasteiger partial charge in [-0.1, -0.05) is 12.1 Å². The summed E-state index contributed by atoms with van der Waals surface area (Å²) in [6.07, 6.45) is 5.55. The highest BCUT2D eigenvalue weighted by atomic mass is 16.5. The summed E-state index contributed by atoms with van der Waals surface area (Å²) in [6, 6.07) is 0. The molecule has 17 heavy (non-hydrogen) atoms. The van der Waals surface area contributed by atoms with E-state index in [-0.39, 0.29) is 0 Å². The Balaban J connectivity index is 2.09. The molecule has 0 radical (unpaired) electrons. The van der Waals surface area contributed by atoms with Gasteiger partial charge >= 0.3 is 0 Å². The molecule has 0 aliphatic carbocycles. The highest BCUT2D eigenvalue weighted by molar-refractivity contribution is 5.79. The highest BCUT2D eigenvalue weighted by Gasteiger charge is 2.17. The molecule has 5 heteroatoms. The minimum Gasteiger partial charge on any atom is -0.409 e. The number of hydrogen-bond donors (Lipinski definition) is 2. The molecule has 5 nitrogen and oxygen atoms in total. The van der Waals surface area contributed by atoms with Gasteiger partial charge in [0.25, 0.3) is 0 Å². The van der Waals surface area contributed by atoms with Gasteiger partial charge in [-0.15, -0.1) is 0 Å². The van der Waals surface area contributed by atoms with Crippen LogP contribution in [0.25, 0.3) is 0 Å². The van der Waals surface area contributed by atoms with E-state index in [4.69, 9.17) is 15.7 Å². The second-order valence-corrected chi connectivity index (χ2v) is 4.58. The van der Waals surface area contributed by atoms with Gasteiger partial charge in [0, 0.05) is 19.6 Å². The Bertz CT molecular complexity index is 228. The largest absolute Gasteiger partial charge is 0.409 e. The zero-order chi connectivity index (χ0) is 12.5. The number of amidine groups is 1. The number of unbranched alkanes of at least 4 members (excludes halogenated alkanes) is 1. The van der Waals surface area contributed by atoms with Gasteiger partial charge in [0.15, 0.2) is 0 Å². The minimum atomic E-state index is 0.326. The molecule has 1 fully saturated rings. The molecule has 0 spiro atoms. The molecule has 1 heterocycles. The summed E-state index contributed by atoms with van der Waals surface area (Å²) in [5.41, 5.74) is 5.42. The van der Waals surface area contributed by atoms with Gasteiger partial charge in [0.1, 0.15) is 5.84 Å². The molecule has 0 amide bonds. The van der Waals surface area contributed by atoms with Crippen LogP contribution < -0.4 is 5.73 Å². The molecule has 1 unspecified atom stereocenters. The lowest BCUT2D eigenvalue weighted by Crippen LogP contribution is -2.33. The number of likely N-dealkylation sites (N-methyl/N-ethyl adjacent to an activating group) is 1. The van der Waals surface area contributed by atoms with E-state index in [1.54, 1.807) is 0 Å². The lowest BCUT2D eigenvalue weighted by molar-refractivity contribution is 0.0743. The Morgan fingerprint density at radius 2 is 2.35 bits per heavy atom. The maximum atomic E-state index is 8.42. The Hall–Kier alpha value is -0.810. The Morgan fingerprint density at radius 1 is 1.53 bits per heavy atom. The molecule has 1 aliphatic rings. The van der Waals surface area contributed by atoms with Crippen molar-refractivity contribution in [2.24, 2.45) is 10.9 Å². The first-order valence-electron chi connectivity index (χ1n) is 6.56. The monoisotopic (exact) mass is 243 g/mol. The van der Waals surface area contributed by atoms with Crippen LogP contribution in [0.5, 0.6) is 0 Å². The van der Waals surface area contributed by atoms with Gasteiger partial charge in [-0.3, -0.25) is 0 Å². The lowest BCUT2D eigenvalue weighted by atomic mass is 10.2. The number of oxime groups is 1. The van der Waals surface area contributed by atoms with E-state index in [9.17, 15) is 0 Å². The van der Waals surface area contributed by atoms with Gasteiger partial charge in [0.05, 0.1) is 6.10 Å². The summed E-state index contributed by atoms with van der Waals surface area (Å²) >= 11 is 0. The molecule has 3 N–H and O–H groups in total. The van der Waals surface area contributed by atoms with E-state index in [0.29, 0.717) is 18.4 Å². The van der Waals surface area contributed by atoms with Crippen LogP contribution in [0.2, 0.25) is 0 Å². The average Bonchev–Trinajstić information content (AvgIpc) is 2.85. The van der Waals surface area contributed by atoms with E-state index in [0.717, 1.165) is 39.1 Å². The first-order valence-corrected chi connectivity index (χ1v) is 6.56. The van der Waals surface area contributed by atoms with Gasteiger partial charge < -0.3 is 20.6 Å². The standard InChI is InChI=1S/C12H25N3O2/c1-2-15(10-11-6-5-9-17-11)8-4-3-7-12(13)14-16/h11,16H,2-10H2,1H3,(H2,13,14). The van der Waals surface area contributed by atoms with Crippen LogP contribution in [-0.4, -0.2) is 48.3 Å². The van der Waals surface area contributed by atoms with Crippen molar-refractivity contribution < 1.29 is 9.94 Å². The van der Waals surface area contributed by atoms with Crippen LogP contribution in [0.15, 0.2) is 5.16 Å². The van der Waals surface area contributed by atoms with Crippen molar-refractivity contribution in [2.45, 2.75) is 45.1 Å². The molecule has 1 aliphatic heterocycles. The van der Waals surface area contributed by atoms with E-state index in [1.165, 1.54) is 12.8 Å². The number of ether oxygens (including phenoxy) is 1. The van der Waals surface area contributed by atoms with Gasteiger partial charge in [-0.2, -0.15) is 0 Å². The fraction of sp³-hybridized carbons (Fsp3) is 0.917. The molecular formula is C12H25N3O2. The van der Waals surface area contributed by atoms with Gasteiger partial charge in [0.2, 0.25) is 0 Å². The fourth-order valence-corrected chi connectivity index (χ4v) is 2.15. The Kier molecular flexibility index (Phi) is 6.96. The van der Waals surface area contributed by atoms with Crippen LogP contribution in [0.4, 0.5) is 0 Å². The lowest BCUT2D eigenvalue weighted by Gasteiger charge is -2.23. The molecule has 0 aromatic carbocycles. The molecule has 0 saturated carbocycles. The van der Waals surface area contributed by atoms with Crippen LogP contribution in [0.1, 0.15) is 39.0 Å². The predicted octanol–water partition coefficient (Wildman–Crippen LogP) is 1.40. The maximum absolute atomic E-state index is 8.42. The second-order valence-electron chi connectivity index (χ2n) is 4.58. The van der Waals surface area contributed by atoms with Crippen LogP contribution in [0.3, 0.4) is 0 Å². The van der Waals surface area contributed by atoms with Crippen molar-refractivity contribution in [3.8, 4) is 0 Å². The first kappa shape index (κ1) is 14.3. The molecule has 1 saturated heterocycles. The predicted molar refractivity (Wildman–Crippen MR) is 68.3 cm³/mol. The SMILES string of the molecule is CCN(CCCC/C(N)=N/O)CC1CCCO1. The first-order chi connectivity index (χ1) is 8.26. The molecule has 1 atom stereocenters. The third-order valence-electron chi connectivity index (χ3n) is 3.22. The van der Waals surface area contributed by atoms with Crippen molar-refractivity contribution in [3.63, 3.8) is 0 Å². The fourth-order valence-electron chi connectivity index (χ4n) is 2.15. The number of hydrogen-bond acceptors (Lipinski definition) is 4. The third kappa shape index (κ3) is 5.89. The van der Waals surface area contributed by atoms with E-state index >= 15 is 0 Å².